The third-order valence-electron chi connectivity index (χ3n) is 3.11. The van der Waals surface area contributed by atoms with Crippen LogP contribution in [0, 0.1) is 6.92 Å². The van der Waals surface area contributed by atoms with Crippen molar-refractivity contribution in [1.29, 1.82) is 0 Å². The molecule has 0 saturated carbocycles. The first-order valence-electron chi connectivity index (χ1n) is 6.15. The van der Waals surface area contributed by atoms with Crippen LogP contribution in [0.15, 0.2) is 42.7 Å². The molecule has 0 saturated heterocycles. The lowest BCUT2D eigenvalue weighted by atomic mass is 10.1. The van der Waals surface area contributed by atoms with E-state index in [9.17, 15) is 4.79 Å². The number of nitrogens with one attached hydrogen (secondary N) is 2. The Morgan fingerprint density at radius 1 is 1.35 bits per heavy atom. The van der Waals surface area contributed by atoms with Gasteiger partial charge in [-0.25, -0.2) is 4.98 Å². The predicted molar refractivity (Wildman–Crippen MR) is 80.2 cm³/mol. The van der Waals surface area contributed by atoms with Gasteiger partial charge in [0.1, 0.15) is 5.15 Å². The van der Waals surface area contributed by atoms with E-state index in [1.807, 2.05) is 31.2 Å². The van der Waals surface area contributed by atoms with E-state index in [2.05, 4.69) is 15.3 Å². The molecule has 5 heteroatoms. The molecule has 0 radical (unpaired) electrons. The summed E-state index contributed by atoms with van der Waals surface area (Å²) < 4.78 is 0. The van der Waals surface area contributed by atoms with E-state index >= 15 is 0 Å². The maximum Gasteiger partial charge on any atom is 0.257 e. The molecular formula is C15H12ClN3O. The number of fused-ring (bicyclic) bond motifs is 1. The fraction of sp³-hybridized carbons (Fsp3) is 0.0667. The molecule has 0 unspecified atom stereocenters. The number of H-pyrrole nitrogens is 1. The van der Waals surface area contributed by atoms with Gasteiger partial charge in [0, 0.05) is 17.1 Å². The summed E-state index contributed by atoms with van der Waals surface area (Å²) >= 11 is 5.87. The first-order chi connectivity index (χ1) is 9.65. The van der Waals surface area contributed by atoms with Gasteiger partial charge in [0.05, 0.1) is 17.4 Å². The minimum Gasteiger partial charge on any atom is -0.360 e. The molecule has 1 aromatic carbocycles. The predicted octanol–water partition coefficient (Wildman–Crippen LogP) is 3.78. The molecule has 20 heavy (non-hydrogen) atoms. The Kier molecular flexibility index (Phi) is 3.16. The van der Waals surface area contributed by atoms with E-state index < -0.39 is 0 Å². The molecule has 0 bridgehead atoms. The van der Waals surface area contributed by atoms with E-state index in [1.165, 1.54) is 0 Å². The van der Waals surface area contributed by atoms with Crippen molar-refractivity contribution in [3.8, 4) is 0 Å². The van der Waals surface area contributed by atoms with Crippen LogP contribution in [0.1, 0.15) is 15.9 Å². The van der Waals surface area contributed by atoms with Gasteiger partial charge < -0.3 is 10.3 Å². The fourth-order valence-corrected chi connectivity index (χ4v) is 2.19. The number of halogens is 1. The highest BCUT2D eigenvalue weighted by Gasteiger charge is 2.12. The van der Waals surface area contributed by atoms with Gasteiger partial charge in [-0.3, -0.25) is 4.79 Å². The number of nitrogens with zero attached hydrogens (tertiary/aromatic N) is 1. The standard InChI is InChI=1S/C15H12ClN3O/c1-9-6-10(7-18-14(9)16)19-15(20)12-8-17-13-5-3-2-4-11(12)13/h2-8,17H,1H3,(H,19,20). The van der Waals surface area contributed by atoms with Crippen LogP contribution < -0.4 is 5.32 Å². The Morgan fingerprint density at radius 3 is 2.95 bits per heavy atom. The molecule has 0 spiro atoms. The van der Waals surface area contributed by atoms with Crippen LogP contribution in [0.25, 0.3) is 10.9 Å². The number of hydrogen-bond donors (Lipinski definition) is 2. The van der Waals surface area contributed by atoms with Crippen LogP contribution in [0.5, 0.6) is 0 Å². The lowest BCUT2D eigenvalue weighted by Gasteiger charge is -2.05. The maximum absolute atomic E-state index is 12.3. The summed E-state index contributed by atoms with van der Waals surface area (Å²) in [5, 5.41) is 4.16. The molecule has 0 aliphatic heterocycles. The first kappa shape index (κ1) is 12.7. The lowest BCUT2D eigenvalue weighted by Crippen LogP contribution is -2.11. The largest absolute Gasteiger partial charge is 0.360 e. The zero-order valence-electron chi connectivity index (χ0n) is 10.8. The average Bonchev–Trinajstić information content (AvgIpc) is 2.87. The van der Waals surface area contributed by atoms with Gasteiger partial charge in [-0.05, 0) is 24.6 Å². The van der Waals surface area contributed by atoms with Crippen molar-refractivity contribution in [2.45, 2.75) is 6.92 Å². The van der Waals surface area contributed by atoms with E-state index in [0.717, 1.165) is 16.5 Å². The smallest absolute Gasteiger partial charge is 0.257 e. The third kappa shape index (κ3) is 2.26. The molecule has 3 rings (SSSR count). The second-order valence-corrected chi connectivity index (χ2v) is 4.89. The zero-order chi connectivity index (χ0) is 14.1. The summed E-state index contributed by atoms with van der Waals surface area (Å²) in [5.41, 5.74) is 2.99. The number of aromatic amines is 1. The van der Waals surface area contributed by atoms with E-state index in [1.54, 1.807) is 18.5 Å². The minimum absolute atomic E-state index is 0.175. The molecule has 0 aliphatic carbocycles. The van der Waals surface area contributed by atoms with Crippen LogP contribution in [-0.2, 0) is 0 Å². The van der Waals surface area contributed by atoms with E-state index in [-0.39, 0.29) is 5.91 Å². The van der Waals surface area contributed by atoms with Gasteiger partial charge in [-0.1, -0.05) is 29.8 Å². The van der Waals surface area contributed by atoms with Crippen molar-refractivity contribution in [3.05, 3.63) is 59.0 Å². The van der Waals surface area contributed by atoms with Gasteiger partial charge in [-0.2, -0.15) is 0 Å². The maximum atomic E-state index is 12.3. The zero-order valence-corrected chi connectivity index (χ0v) is 11.5. The molecule has 4 nitrogen and oxygen atoms in total. The average molecular weight is 286 g/mol. The van der Waals surface area contributed by atoms with Crippen molar-refractivity contribution in [2.24, 2.45) is 0 Å². The second kappa shape index (κ2) is 4.98. The number of aryl methyl sites for hydroxylation is 1. The summed E-state index contributed by atoms with van der Waals surface area (Å²) in [6.45, 7) is 1.84. The molecule has 2 heterocycles. The summed E-state index contributed by atoms with van der Waals surface area (Å²) in [4.78, 5) is 19.4. The monoisotopic (exact) mass is 285 g/mol. The molecule has 0 aliphatic rings. The fourth-order valence-electron chi connectivity index (χ4n) is 2.08. The summed E-state index contributed by atoms with van der Waals surface area (Å²) in [5.74, 6) is -0.175. The Hall–Kier alpha value is -2.33. The molecule has 100 valence electrons. The quantitative estimate of drug-likeness (QED) is 0.704. The van der Waals surface area contributed by atoms with Gasteiger partial charge >= 0.3 is 0 Å². The number of carbonyl (C=O) groups excluding carboxylic acids is 1. The SMILES string of the molecule is Cc1cc(NC(=O)c2c[nH]c3ccccc23)cnc1Cl. The number of benzene rings is 1. The molecule has 2 N–H and O–H groups in total. The van der Waals surface area contributed by atoms with Gasteiger partial charge in [0.25, 0.3) is 5.91 Å². The summed E-state index contributed by atoms with van der Waals surface area (Å²) in [6.07, 6.45) is 3.25. The molecule has 2 aromatic heterocycles. The van der Waals surface area contributed by atoms with Crippen molar-refractivity contribution in [1.82, 2.24) is 9.97 Å². The number of para-hydroxylation sites is 1. The van der Waals surface area contributed by atoms with Crippen molar-refractivity contribution >= 4 is 34.1 Å². The van der Waals surface area contributed by atoms with Crippen LogP contribution in [0.3, 0.4) is 0 Å². The molecule has 3 aromatic rings. The van der Waals surface area contributed by atoms with Gasteiger partial charge in [0.2, 0.25) is 0 Å². The lowest BCUT2D eigenvalue weighted by molar-refractivity contribution is 0.102. The number of aromatic nitrogens is 2. The normalized spacial score (nSPS) is 10.7. The van der Waals surface area contributed by atoms with Gasteiger partial charge in [-0.15, -0.1) is 0 Å². The van der Waals surface area contributed by atoms with Crippen molar-refractivity contribution in [2.75, 3.05) is 5.32 Å². The number of rotatable bonds is 2. The molecule has 1 amide bonds. The molecular weight excluding hydrogens is 274 g/mol. The van der Waals surface area contributed by atoms with Crippen LogP contribution >= 0.6 is 11.6 Å². The number of anilines is 1. The van der Waals surface area contributed by atoms with Crippen LogP contribution in [-0.4, -0.2) is 15.9 Å². The number of amides is 1. The minimum atomic E-state index is -0.175. The second-order valence-electron chi connectivity index (χ2n) is 4.53. The highest BCUT2D eigenvalue weighted by atomic mass is 35.5. The highest BCUT2D eigenvalue weighted by Crippen LogP contribution is 2.20. The van der Waals surface area contributed by atoms with Gasteiger partial charge in [0.15, 0.2) is 0 Å². The Labute approximate surface area is 120 Å². The summed E-state index contributed by atoms with van der Waals surface area (Å²) in [6, 6.07) is 9.46. The van der Waals surface area contributed by atoms with Crippen molar-refractivity contribution in [3.63, 3.8) is 0 Å². The molecule has 0 atom stereocenters. The third-order valence-corrected chi connectivity index (χ3v) is 3.50. The van der Waals surface area contributed by atoms with E-state index in [4.69, 9.17) is 11.6 Å². The number of hydrogen-bond acceptors (Lipinski definition) is 2. The van der Waals surface area contributed by atoms with Crippen molar-refractivity contribution < 1.29 is 4.79 Å². The molecule has 0 fully saturated rings. The summed E-state index contributed by atoms with van der Waals surface area (Å²) in [7, 11) is 0. The Morgan fingerprint density at radius 2 is 2.15 bits per heavy atom. The number of carbonyl (C=O) groups is 1. The highest BCUT2D eigenvalue weighted by molar-refractivity contribution is 6.30. The van der Waals surface area contributed by atoms with E-state index in [0.29, 0.717) is 16.4 Å². The van der Waals surface area contributed by atoms with Crippen LogP contribution in [0.2, 0.25) is 5.15 Å². The Bertz CT molecular complexity index is 795. The Balaban J connectivity index is 1.91. The first-order valence-corrected chi connectivity index (χ1v) is 6.52. The van der Waals surface area contributed by atoms with Crippen LogP contribution in [0.4, 0.5) is 5.69 Å². The number of pyridine rings is 1. The topological polar surface area (TPSA) is 57.8 Å².